The molecule has 3 aromatic rings. The summed E-state index contributed by atoms with van der Waals surface area (Å²) >= 11 is 7.42. The molecule has 29 heavy (non-hydrogen) atoms. The van der Waals surface area contributed by atoms with E-state index in [1.165, 1.54) is 11.8 Å². The molecule has 2 aromatic carbocycles. The Kier molecular flexibility index (Phi) is 7.17. The molecule has 0 aliphatic carbocycles. The van der Waals surface area contributed by atoms with Crippen molar-refractivity contribution >= 4 is 29.3 Å². The van der Waals surface area contributed by atoms with E-state index in [4.69, 9.17) is 16.3 Å². The molecule has 1 N–H and O–H groups in total. The van der Waals surface area contributed by atoms with Crippen LogP contribution in [0.15, 0.2) is 53.7 Å². The molecule has 1 heterocycles. The molecule has 0 spiro atoms. The molecule has 0 bridgehead atoms. The van der Waals surface area contributed by atoms with E-state index in [0.29, 0.717) is 34.8 Å². The lowest BCUT2D eigenvalue weighted by Crippen LogP contribution is -2.36. The molecule has 0 aliphatic heterocycles. The molecule has 1 amide bonds. The van der Waals surface area contributed by atoms with Gasteiger partial charge in [0.1, 0.15) is 5.75 Å². The molecule has 0 saturated carbocycles. The van der Waals surface area contributed by atoms with Crippen molar-refractivity contribution in [1.29, 1.82) is 0 Å². The van der Waals surface area contributed by atoms with E-state index in [9.17, 15) is 4.79 Å². The van der Waals surface area contributed by atoms with Gasteiger partial charge in [-0.15, -0.1) is 5.10 Å². The highest BCUT2D eigenvalue weighted by molar-refractivity contribution is 8.00. The van der Waals surface area contributed by atoms with Gasteiger partial charge in [-0.1, -0.05) is 53.7 Å². The zero-order valence-corrected chi connectivity index (χ0v) is 18.1. The molecule has 0 saturated heterocycles. The third-order valence-electron chi connectivity index (χ3n) is 4.42. The third kappa shape index (κ3) is 5.31. The number of H-pyrrole nitrogens is 1. The normalized spacial score (nSPS) is 11.9. The maximum Gasteiger partial charge on any atom is 0.236 e. The Hall–Kier alpha value is -2.51. The van der Waals surface area contributed by atoms with E-state index in [0.717, 1.165) is 11.1 Å². The predicted molar refractivity (Wildman–Crippen MR) is 116 cm³/mol. The fraction of sp³-hybridized carbons (Fsp3) is 0.286. The highest BCUT2D eigenvalue weighted by atomic mass is 35.5. The third-order valence-corrected chi connectivity index (χ3v) is 5.60. The van der Waals surface area contributed by atoms with Crippen LogP contribution in [0.1, 0.15) is 19.4 Å². The van der Waals surface area contributed by atoms with Crippen molar-refractivity contribution in [2.24, 2.45) is 0 Å². The Morgan fingerprint density at radius 2 is 2.03 bits per heavy atom. The van der Waals surface area contributed by atoms with Crippen molar-refractivity contribution in [3.8, 4) is 17.1 Å². The lowest BCUT2D eigenvalue weighted by atomic mass is 10.2. The van der Waals surface area contributed by atoms with E-state index in [-0.39, 0.29) is 11.2 Å². The average molecular weight is 431 g/mol. The van der Waals surface area contributed by atoms with Crippen molar-refractivity contribution in [3.05, 3.63) is 59.1 Å². The Labute approximate surface area is 179 Å². The van der Waals surface area contributed by atoms with Gasteiger partial charge in [-0.05, 0) is 37.6 Å². The number of hydrogen-bond donors (Lipinski definition) is 1. The molecule has 3 rings (SSSR count). The average Bonchev–Trinajstić information content (AvgIpc) is 3.20. The van der Waals surface area contributed by atoms with Crippen LogP contribution in [0.25, 0.3) is 11.4 Å². The molecule has 0 radical (unpaired) electrons. The molecule has 1 aromatic heterocycles. The second-order valence-electron chi connectivity index (χ2n) is 6.41. The van der Waals surface area contributed by atoms with Gasteiger partial charge in [0.15, 0.2) is 5.82 Å². The predicted octanol–water partition coefficient (Wildman–Crippen LogP) is 4.66. The smallest absolute Gasteiger partial charge is 0.236 e. The number of aromatic amines is 1. The molecule has 1 atom stereocenters. The van der Waals surface area contributed by atoms with Gasteiger partial charge in [-0.3, -0.25) is 9.89 Å². The van der Waals surface area contributed by atoms with Crippen molar-refractivity contribution < 1.29 is 9.53 Å². The van der Waals surface area contributed by atoms with Gasteiger partial charge in [0, 0.05) is 18.1 Å². The first kappa shape index (κ1) is 21.2. The van der Waals surface area contributed by atoms with E-state index in [1.807, 2.05) is 49.1 Å². The van der Waals surface area contributed by atoms with Gasteiger partial charge in [-0.25, -0.2) is 4.98 Å². The van der Waals surface area contributed by atoms with Crippen LogP contribution in [-0.2, 0) is 11.3 Å². The quantitative estimate of drug-likeness (QED) is 0.526. The lowest BCUT2D eigenvalue weighted by molar-refractivity contribution is -0.130. The number of aromatic nitrogens is 3. The van der Waals surface area contributed by atoms with Crippen LogP contribution in [0.2, 0.25) is 5.02 Å². The van der Waals surface area contributed by atoms with Crippen LogP contribution in [0.5, 0.6) is 5.75 Å². The largest absolute Gasteiger partial charge is 0.496 e. The van der Waals surface area contributed by atoms with Gasteiger partial charge < -0.3 is 9.64 Å². The van der Waals surface area contributed by atoms with Gasteiger partial charge >= 0.3 is 0 Å². The molecule has 8 heteroatoms. The zero-order chi connectivity index (χ0) is 20.8. The number of rotatable bonds is 8. The summed E-state index contributed by atoms with van der Waals surface area (Å²) < 4.78 is 5.37. The number of nitrogens with one attached hydrogen (secondary N) is 1. The Morgan fingerprint density at radius 3 is 2.72 bits per heavy atom. The van der Waals surface area contributed by atoms with Gasteiger partial charge in [0.25, 0.3) is 0 Å². The highest BCUT2D eigenvalue weighted by Gasteiger charge is 2.23. The van der Waals surface area contributed by atoms with Crippen LogP contribution >= 0.6 is 23.4 Å². The number of carbonyl (C=O) groups is 1. The summed E-state index contributed by atoms with van der Waals surface area (Å²) in [6, 6.07) is 15.3. The first-order chi connectivity index (χ1) is 14.0. The first-order valence-electron chi connectivity index (χ1n) is 9.27. The van der Waals surface area contributed by atoms with E-state index >= 15 is 0 Å². The maximum absolute atomic E-state index is 12.9. The first-order valence-corrected chi connectivity index (χ1v) is 10.5. The summed E-state index contributed by atoms with van der Waals surface area (Å²) in [5, 5.41) is 7.91. The Morgan fingerprint density at radius 1 is 1.28 bits per heavy atom. The number of ether oxygens (including phenoxy) is 1. The van der Waals surface area contributed by atoms with E-state index < -0.39 is 0 Å². The minimum Gasteiger partial charge on any atom is -0.496 e. The van der Waals surface area contributed by atoms with E-state index in [1.54, 1.807) is 25.3 Å². The molecule has 6 nitrogen and oxygen atoms in total. The summed E-state index contributed by atoms with van der Waals surface area (Å²) in [6.45, 7) is 5.07. The molecular formula is C21H23ClN4O2S. The van der Waals surface area contributed by atoms with Crippen molar-refractivity contribution in [3.63, 3.8) is 0 Å². The van der Waals surface area contributed by atoms with Crippen molar-refractivity contribution in [2.45, 2.75) is 30.8 Å². The number of nitrogens with zero attached hydrogens (tertiary/aromatic N) is 3. The fourth-order valence-electron chi connectivity index (χ4n) is 2.90. The van der Waals surface area contributed by atoms with Gasteiger partial charge in [0.05, 0.1) is 17.9 Å². The maximum atomic E-state index is 12.9. The number of hydrogen-bond acceptors (Lipinski definition) is 5. The van der Waals surface area contributed by atoms with Gasteiger partial charge in [-0.2, -0.15) is 0 Å². The van der Waals surface area contributed by atoms with Gasteiger partial charge in [0.2, 0.25) is 11.1 Å². The minimum absolute atomic E-state index is 0.0491. The van der Waals surface area contributed by atoms with Crippen LogP contribution < -0.4 is 4.74 Å². The minimum atomic E-state index is -0.316. The number of methoxy groups -OCH3 is 1. The molecule has 0 fully saturated rings. The monoisotopic (exact) mass is 430 g/mol. The number of carbonyl (C=O) groups excluding carboxylic acids is 1. The zero-order valence-electron chi connectivity index (χ0n) is 16.6. The molecular weight excluding hydrogens is 408 g/mol. The summed E-state index contributed by atoms with van der Waals surface area (Å²) in [7, 11) is 1.59. The number of thioether (sulfide) groups is 1. The molecule has 0 aliphatic rings. The number of halogens is 1. The SMILES string of the molecule is CCN(Cc1ccccc1)C(=O)C(C)Sc1n[nH]c(-c2cc(Cl)ccc2OC)n1. The molecule has 152 valence electrons. The number of benzene rings is 2. The Bertz CT molecular complexity index is 964. The summed E-state index contributed by atoms with van der Waals surface area (Å²) in [6.07, 6.45) is 0. The second-order valence-corrected chi connectivity index (χ2v) is 8.15. The lowest BCUT2D eigenvalue weighted by Gasteiger charge is -2.23. The van der Waals surface area contributed by atoms with Crippen LogP contribution in [0, 0.1) is 0 Å². The number of amides is 1. The fourth-order valence-corrected chi connectivity index (χ4v) is 3.88. The standard InChI is InChI=1S/C21H23ClN4O2S/c1-4-26(13-15-8-6-5-7-9-15)20(27)14(2)29-21-23-19(24-25-21)17-12-16(22)10-11-18(17)28-3/h5-12,14H,4,13H2,1-3H3,(H,23,24,25). The second kappa shape index (κ2) is 9.80. The van der Waals surface area contributed by atoms with Crippen molar-refractivity contribution in [2.75, 3.05) is 13.7 Å². The summed E-state index contributed by atoms with van der Waals surface area (Å²) in [5.41, 5.74) is 1.82. The van der Waals surface area contributed by atoms with Crippen LogP contribution in [-0.4, -0.2) is 44.9 Å². The Balaban J connectivity index is 1.70. The summed E-state index contributed by atoms with van der Waals surface area (Å²) in [5.74, 6) is 1.24. The highest BCUT2D eigenvalue weighted by Crippen LogP contribution is 2.32. The van der Waals surface area contributed by atoms with Crippen LogP contribution in [0.4, 0.5) is 0 Å². The van der Waals surface area contributed by atoms with Crippen molar-refractivity contribution in [1.82, 2.24) is 20.1 Å². The molecule has 1 unspecified atom stereocenters. The summed E-state index contributed by atoms with van der Waals surface area (Å²) in [4.78, 5) is 19.2. The van der Waals surface area contributed by atoms with Crippen LogP contribution in [0.3, 0.4) is 0 Å². The van der Waals surface area contributed by atoms with E-state index in [2.05, 4.69) is 15.2 Å². The topological polar surface area (TPSA) is 71.1 Å².